The van der Waals surface area contributed by atoms with Crippen LogP contribution >= 0.6 is 0 Å². The van der Waals surface area contributed by atoms with Gasteiger partial charge in [-0.1, -0.05) is 0 Å². The third-order valence-corrected chi connectivity index (χ3v) is 3.41. The maximum atomic E-state index is 11.8. The molecule has 1 amide bonds. The van der Waals surface area contributed by atoms with E-state index in [9.17, 15) is 9.59 Å². The monoisotopic (exact) mass is 307 g/mol. The van der Waals surface area contributed by atoms with Crippen LogP contribution in [0.3, 0.4) is 0 Å². The zero-order valence-corrected chi connectivity index (χ0v) is 13.2. The number of amides is 1. The van der Waals surface area contributed by atoms with E-state index in [4.69, 9.17) is 9.47 Å². The SMILES string of the molecule is CCOC(=O)C(=O)N1CCC(Oc2cc(C)nc(C)n2)CC1. The van der Waals surface area contributed by atoms with E-state index in [0.29, 0.717) is 37.6 Å². The molecule has 1 saturated heterocycles. The second-order valence-electron chi connectivity index (χ2n) is 5.22. The number of hydrogen-bond acceptors (Lipinski definition) is 6. The highest BCUT2D eigenvalue weighted by atomic mass is 16.5. The van der Waals surface area contributed by atoms with Gasteiger partial charge in [-0.25, -0.2) is 9.78 Å². The van der Waals surface area contributed by atoms with Gasteiger partial charge in [-0.3, -0.25) is 4.79 Å². The summed E-state index contributed by atoms with van der Waals surface area (Å²) in [6.07, 6.45) is 1.31. The van der Waals surface area contributed by atoms with Gasteiger partial charge in [-0.2, -0.15) is 4.98 Å². The van der Waals surface area contributed by atoms with Gasteiger partial charge >= 0.3 is 11.9 Å². The fraction of sp³-hybridized carbons (Fsp3) is 0.600. The Bertz CT molecular complexity index is 533. The minimum atomic E-state index is -0.788. The summed E-state index contributed by atoms with van der Waals surface area (Å²) in [4.78, 5) is 33.2. The molecule has 0 spiro atoms. The van der Waals surface area contributed by atoms with Gasteiger partial charge in [-0.15, -0.1) is 0 Å². The Balaban J connectivity index is 1.87. The van der Waals surface area contributed by atoms with Crippen LogP contribution in [0.5, 0.6) is 5.88 Å². The second-order valence-corrected chi connectivity index (χ2v) is 5.22. The molecule has 22 heavy (non-hydrogen) atoms. The molecule has 0 saturated carbocycles. The molecule has 1 fully saturated rings. The van der Waals surface area contributed by atoms with Crippen LogP contribution in [0.25, 0.3) is 0 Å². The molecular weight excluding hydrogens is 286 g/mol. The molecule has 0 atom stereocenters. The van der Waals surface area contributed by atoms with Crippen molar-refractivity contribution in [2.75, 3.05) is 19.7 Å². The molecule has 0 aliphatic carbocycles. The van der Waals surface area contributed by atoms with Crippen LogP contribution in [0, 0.1) is 13.8 Å². The first kappa shape index (κ1) is 16.2. The summed E-state index contributed by atoms with van der Waals surface area (Å²) >= 11 is 0. The molecule has 0 bridgehead atoms. The number of nitrogens with zero attached hydrogens (tertiary/aromatic N) is 3. The van der Waals surface area contributed by atoms with Crippen LogP contribution in [-0.4, -0.2) is 52.5 Å². The first-order valence-electron chi connectivity index (χ1n) is 7.44. The number of hydrogen-bond donors (Lipinski definition) is 0. The minimum Gasteiger partial charge on any atom is -0.474 e. The van der Waals surface area contributed by atoms with Crippen LogP contribution < -0.4 is 4.74 Å². The molecule has 2 rings (SSSR count). The largest absolute Gasteiger partial charge is 0.474 e. The van der Waals surface area contributed by atoms with Crippen LogP contribution in [0.15, 0.2) is 6.07 Å². The first-order valence-corrected chi connectivity index (χ1v) is 7.44. The van der Waals surface area contributed by atoms with Gasteiger partial charge in [0, 0.05) is 37.7 Å². The molecule has 7 nitrogen and oxygen atoms in total. The Morgan fingerprint density at radius 2 is 1.95 bits per heavy atom. The number of ether oxygens (including phenoxy) is 2. The molecule has 120 valence electrons. The lowest BCUT2D eigenvalue weighted by Crippen LogP contribution is -2.45. The molecule has 1 aliphatic heterocycles. The Hall–Kier alpha value is -2.18. The first-order chi connectivity index (χ1) is 10.5. The molecule has 1 aromatic rings. The van der Waals surface area contributed by atoms with Gasteiger partial charge in [0.1, 0.15) is 11.9 Å². The number of carbonyl (C=O) groups is 2. The van der Waals surface area contributed by atoms with Gasteiger partial charge in [0.2, 0.25) is 5.88 Å². The average Bonchev–Trinajstić information content (AvgIpc) is 2.46. The van der Waals surface area contributed by atoms with Crippen molar-refractivity contribution in [2.45, 2.75) is 39.7 Å². The minimum absolute atomic E-state index is 0.0139. The predicted octanol–water partition coefficient (Wildman–Crippen LogP) is 1.03. The van der Waals surface area contributed by atoms with E-state index in [1.54, 1.807) is 13.0 Å². The molecular formula is C15H21N3O4. The van der Waals surface area contributed by atoms with Crippen LogP contribution in [0.1, 0.15) is 31.3 Å². The van der Waals surface area contributed by atoms with Crippen molar-refractivity contribution in [2.24, 2.45) is 0 Å². The number of rotatable bonds is 3. The normalized spacial score (nSPS) is 15.5. The quantitative estimate of drug-likeness (QED) is 0.613. The molecule has 7 heteroatoms. The Morgan fingerprint density at radius 3 is 2.55 bits per heavy atom. The number of aryl methyl sites for hydroxylation is 2. The zero-order valence-electron chi connectivity index (χ0n) is 13.2. The number of piperidine rings is 1. The lowest BCUT2D eigenvalue weighted by atomic mass is 10.1. The number of carbonyl (C=O) groups excluding carboxylic acids is 2. The zero-order chi connectivity index (χ0) is 16.1. The van der Waals surface area contributed by atoms with Crippen molar-refractivity contribution in [3.05, 3.63) is 17.6 Å². The predicted molar refractivity (Wildman–Crippen MR) is 78.4 cm³/mol. The van der Waals surface area contributed by atoms with E-state index >= 15 is 0 Å². The topological polar surface area (TPSA) is 81.6 Å². The summed E-state index contributed by atoms with van der Waals surface area (Å²) in [5.41, 5.74) is 0.859. The molecule has 1 aliphatic rings. The lowest BCUT2D eigenvalue weighted by Gasteiger charge is -2.31. The van der Waals surface area contributed by atoms with Gasteiger partial charge in [0.25, 0.3) is 0 Å². The molecule has 0 radical (unpaired) electrons. The summed E-state index contributed by atoms with van der Waals surface area (Å²) in [7, 11) is 0. The lowest BCUT2D eigenvalue weighted by molar-refractivity contribution is -0.160. The van der Waals surface area contributed by atoms with Crippen LogP contribution in [0.2, 0.25) is 0 Å². The van der Waals surface area contributed by atoms with E-state index in [1.807, 2.05) is 13.8 Å². The highest BCUT2D eigenvalue weighted by Gasteiger charge is 2.28. The van der Waals surface area contributed by atoms with E-state index in [2.05, 4.69) is 9.97 Å². The van der Waals surface area contributed by atoms with Crippen LogP contribution in [-0.2, 0) is 14.3 Å². The van der Waals surface area contributed by atoms with Gasteiger partial charge in [0.05, 0.1) is 6.61 Å². The fourth-order valence-electron chi connectivity index (χ4n) is 2.41. The summed E-state index contributed by atoms with van der Waals surface area (Å²) in [5.74, 6) is -0.136. The van der Waals surface area contributed by atoms with E-state index in [0.717, 1.165) is 5.69 Å². The summed E-state index contributed by atoms with van der Waals surface area (Å²) < 4.78 is 10.6. The van der Waals surface area contributed by atoms with Gasteiger partial charge in [0.15, 0.2) is 0 Å². The number of likely N-dealkylation sites (tertiary alicyclic amines) is 1. The highest BCUT2D eigenvalue weighted by molar-refractivity contribution is 6.32. The Labute approximate surface area is 129 Å². The molecule has 2 heterocycles. The number of aromatic nitrogens is 2. The third kappa shape index (κ3) is 4.16. The molecule has 0 unspecified atom stereocenters. The van der Waals surface area contributed by atoms with E-state index in [1.165, 1.54) is 4.90 Å². The molecule has 1 aromatic heterocycles. The smallest absolute Gasteiger partial charge is 0.397 e. The van der Waals surface area contributed by atoms with Crippen LogP contribution in [0.4, 0.5) is 0 Å². The van der Waals surface area contributed by atoms with Crippen molar-refractivity contribution in [1.82, 2.24) is 14.9 Å². The summed E-state index contributed by atoms with van der Waals surface area (Å²) in [6.45, 7) is 6.55. The second kappa shape index (κ2) is 7.20. The van der Waals surface area contributed by atoms with E-state index in [-0.39, 0.29) is 12.7 Å². The summed E-state index contributed by atoms with van der Waals surface area (Å²) in [5, 5.41) is 0. The van der Waals surface area contributed by atoms with Gasteiger partial charge < -0.3 is 14.4 Å². The Morgan fingerprint density at radius 1 is 1.27 bits per heavy atom. The standard InChI is InChI=1S/C15H21N3O4/c1-4-21-15(20)14(19)18-7-5-12(6-8-18)22-13-9-10(2)16-11(3)17-13/h9,12H,4-8H2,1-3H3. The molecule has 0 aromatic carbocycles. The Kier molecular flexibility index (Phi) is 5.30. The van der Waals surface area contributed by atoms with Crippen molar-refractivity contribution < 1.29 is 19.1 Å². The number of esters is 1. The maximum absolute atomic E-state index is 11.8. The van der Waals surface area contributed by atoms with Crippen molar-refractivity contribution in [3.8, 4) is 5.88 Å². The van der Waals surface area contributed by atoms with Gasteiger partial charge in [-0.05, 0) is 20.8 Å². The summed E-state index contributed by atoms with van der Waals surface area (Å²) in [6, 6.07) is 1.79. The average molecular weight is 307 g/mol. The fourth-order valence-corrected chi connectivity index (χ4v) is 2.41. The van der Waals surface area contributed by atoms with Crippen molar-refractivity contribution in [3.63, 3.8) is 0 Å². The van der Waals surface area contributed by atoms with Crippen molar-refractivity contribution in [1.29, 1.82) is 0 Å². The van der Waals surface area contributed by atoms with Crippen molar-refractivity contribution >= 4 is 11.9 Å². The van der Waals surface area contributed by atoms with E-state index < -0.39 is 11.9 Å². The third-order valence-electron chi connectivity index (χ3n) is 3.41. The highest BCUT2D eigenvalue weighted by Crippen LogP contribution is 2.18. The molecule has 0 N–H and O–H groups in total. The maximum Gasteiger partial charge on any atom is 0.397 e.